The number of carbonyl (C=O) groups excluding carboxylic acids is 2. The molecule has 9 nitrogen and oxygen atoms in total. The Balaban J connectivity index is 2.38. The highest BCUT2D eigenvalue weighted by molar-refractivity contribution is 14.1. The zero-order chi connectivity index (χ0) is 21.4. The molecule has 158 valence electrons. The van der Waals surface area contributed by atoms with Gasteiger partial charge in [0.2, 0.25) is 5.88 Å². The highest BCUT2D eigenvalue weighted by atomic mass is 127. The predicted molar refractivity (Wildman–Crippen MR) is 117 cm³/mol. The van der Waals surface area contributed by atoms with Gasteiger partial charge in [0.15, 0.2) is 5.69 Å². The largest absolute Gasteiger partial charge is 0.477 e. The number of anilines is 1. The van der Waals surface area contributed by atoms with Crippen molar-refractivity contribution in [1.29, 1.82) is 0 Å². The number of unbranched alkanes of at least 4 members (excludes halogenated alkanes) is 1. The van der Waals surface area contributed by atoms with E-state index in [1.54, 1.807) is 24.1 Å². The van der Waals surface area contributed by atoms with E-state index in [2.05, 4.69) is 44.9 Å². The van der Waals surface area contributed by atoms with E-state index >= 15 is 0 Å². The zero-order valence-corrected chi connectivity index (χ0v) is 19.0. The second kappa shape index (κ2) is 11.1. The van der Waals surface area contributed by atoms with Crippen molar-refractivity contribution in [2.45, 2.75) is 39.7 Å². The lowest BCUT2D eigenvalue weighted by Gasteiger charge is -2.12. The van der Waals surface area contributed by atoms with E-state index in [0.717, 1.165) is 16.4 Å². The Morgan fingerprint density at radius 3 is 2.69 bits per heavy atom. The van der Waals surface area contributed by atoms with Gasteiger partial charge in [0, 0.05) is 16.9 Å². The first kappa shape index (κ1) is 23.1. The Morgan fingerprint density at radius 1 is 1.31 bits per heavy atom. The number of carbonyl (C=O) groups is 2. The molecular weight excluding hydrogens is 489 g/mol. The number of halogens is 1. The number of hydrogen-bond donors (Lipinski definition) is 2. The topological polar surface area (TPSA) is 121 Å². The van der Waals surface area contributed by atoms with E-state index in [-0.39, 0.29) is 17.1 Å². The van der Waals surface area contributed by atoms with Crippen LogP contribution in [-0.4, -0.2) is 46.9 Å². The van der Waals surface area contributed by atoms with Gasteiger partial charge in [-0.15, -0.1) is 0 Å². The second-order valence-corrected chi connectivity index (χ2v) is 7.51. The van der Waals surface area contributed by atoms with Gasteiger partial charge in [-0.25, -0.2) is 4.98 Å². The van der Waals surface area contributed by atoms with Crippen LogP contribution in [0.4, 0.5) is 5.69 Å². The summed E-state index contributed by atoms with van der Waals surface area (Å²) >= 11 is 2.08. The Morgan fingerprint density at radius 2 is 2.07 bits per heavy atom. The Kier molecular flexibility index (Phi) is 8.83. The maximum atomic E-state index is 13.0. The highest BCUT2D eigenvalue weighted by Crippen LogP contribution is 2.25. The van der Waals surface area contributed by atoms with Crippen LogP contribution in [0.25, 0.3) is 0 Å². The molecule has 0 spiro atoms. The van der Waals surface area contributed by atoms with Crippen LogP contribution < -0.4 is 15.8 Å². The second-order valence-electron chi connectivity index (χ2n) is 6.27. The molecule has 0 aliphatic rings. The number of primary amides is 1. The van der Waals surface area contributed by atoms with Gasteiger partial charge in [-0.05, 0) is 41.5 Å². The van der Waals surface area contributed by atoms with Crippen molar-refractivity contribution in [2.24, 2.45) is 5.73 Å². The van der Waals surface area contributed by atoms with Crippen LogP contribution >= 0.6 is 22.6 Å². The third-order valence-corrected chi connectivity index (χ3v) is 4.76. The van der Waals surface area contributed by atoms with E-state index in [4.69, 9.17) is 15.2 Å². The van der Waals surface area contributed by atoms with Gasteiger partial charge < -0.3 is 20.5 Å². The first-order valence-electron chi connectivity index (χ1n) is 9.40. The number of pyridine rings is 1. The van der Waals surface area contributed by atoms with Gasteiger partial charge in [-0.2, -0.15) is 5.10 Å². The molecule has 0 aliphatic carbocycles. The Labute approximate surface area is 183 Å². The van der Waals surface area contributed by atoms with Crippen molar-refractivity contribution >= 4 is 40.1 Å². The summed E-state index contributed by atoms with van der Waals surface area (Å²) in [5.41, 5.74) is 6.79. The summed E-state index contributed by atoms with van der Waals surface area (Å²) in [7, 11) is 1.58. The number of ether oxygens (including phenoxy) is 2. The van der Waals surface area contributed by atoms with Gasteiger partial charge in [0.1, 0.15) is 5.56 Å². The first-order valence-corrected chi connectivity index (χ1v) is 10.5. The number of methoxy groups -OCH3 is 1. The van der Waals surface area contributed by atoms with E-state index in [0.29, 0.717) is 37.6 Å². The molecule has 2 amide bonds. The molecule has 0 aromatic carbocycles. The first-order chi connectivity index (χ1) is 13.9. The Hall–Kier alpha value is -2.21. The molecule has 0 saturated heterocycles. The summed E-state index contributed by atoms with van der Waals surface area (Å²) in [5, 5.41) is 7.06. The van der Waals surface area contributed by atoms with Gasteiger partial charge >= 0.3 is 0 Å². The SMILES string of the molecule is CCCCOc1ncc(I)cc1C(=O)Nc1c(C(N)=O)nn(CCOC)c1CC. The summed E-state index contributed by atoms with van der Waals surface area (Å²) in [5.74, 6) is -0.904. The van der Waals surface area contributed by atoms with Gasteiger partial charge in [-0.3, -0.25) is 14.3 Å². The fourth-order valence-corrected chi connectivity index (χ4v) is 3.17. The number of hydrogen-bond acceptors (Lipinski definition) is 6. The van der Waals surface area contributed by atoms with Crippen molar-refractivity contribution in [3.05, 3.63) is 32.8 Å². The van der Waals surface area contributed by atoms with Crippen LogP contribution in [0, 0.1) is 3.57 Å². The van der Waals surface area contributed by atoms with E-state index in [1.165, 1.54) is 0 Å². The average Bonchev–Trinajstić information content (AvgIpc) is 3.04. The third-order valence-electron chi connectivity index (χ3n) is 4.17. The number of nitrogens with two attached hydrogens (primary N) is 1. The predicted octanol–water partition coefficient (Wildman–Crippen LogP) is 2.62. The van der Waals surface area contributed by atoms with E-state index < -0.39 is 11.8 Å². The van der Waals surface area contributed by atoms with Gasteiger partial charge in [0.25, 0.3) is 11.8 Å². The van der Waals surface area contributed by atoms with E-state index in [1.807, 2.05) is 6.92 Å². The maximum Gasteiger partial charge on any atom is 0.271 e. The smallest absolute Gasteiger partial charge is 0.271 e. The molecular formula is C19H26IN5O4. The summed E-state index contributed by atoms with van der Waals surface area (Å²) in [4.78, 5) is 29.2. The molecule has 0 fully saturated rings. The molecule has 2 aromatic rings. The minimum atomic E-state index is -0.716. The number of aromatic nitrogens is 3. The molecule has 0 radical (unpaired) electrons. The Bertz CT molecular complexity index is 869. The van der Waals surface area contributed by atoms with Crippen molar-refractivity contribution in [3.63, 3.8) is 0 Å². The van der Waals surface area contributed by atoms with Crippen LogP contribution in [0.3, 0.4) is 0 Å². The summed E-state index contributed by atoms with van der Waals surface area (Å²) < 4.78 is 13.2. The summed E-state index contributed by atoms with van der Waals surface area (Å²) in [6.07, 6.45) is 4.00. The highest BCUT2D eigenvalue weighted by Gasteiger charge is 2.24. The molecule has 0 saturated carbocycles. The quantitative estimate of drug-likeness (QED) is 0.351. The minimum absolute atomic E-state index is 0.0124. The molecule has 29 heavy (non-hydrogen) atoms. The third kappa shape index (κ3) is 5.89. The van der Waals surface area contributed by atoms with Crippen molar-refractivity contribution in [2.75, 3.05) is 25.6 Å². The van der Waals surface area contributed by atoms with Crippen LogP contribution in [0.1, 0.15) is 53.2 Å². The maximum absolute atomic E-state index is 13.0. The average molecular weight is 515 g/mol. The normalized spacial score (nSPS) is 10.8. The molecule has 0 unspecified atom stereocenters. The van der Waals surface area contributed by atoms with E-state index in [9.17, 15) is 9.59 Å². The van der Waals surface area contributed by atoms with Gasteiger partial charge in [0.05, 0.1) is 31.1 Å². The molecule has 3 N–H and O–H groups in total. The zero-order valence-electron chi connectivity index (χ0n) is 16.8. The fourth-order valence-electron chi connectivity index (χ4n) is 2.72. The summed E-state index contributed by atoms with van der Waals surface area (Å²) in [6.45, 7) is 5.28. The summed E-state index contributed by atoms with van der Waals surface area (Å²) in [6, 6.07) is 1.69. The number of amides is 2. The van der Waals surface area contributed by atoms with Crippen LogP contribution in [0.5, 0.6) is 5.88 Å². The standard InChI is InChI=1S/C19H26IN5O4/c1-4-6-8-29-19-13(10-12(20)11-22-19)18(27)23-15-14(5-2)25(7-9-28-3)24-16(15)17(21)26/h10-11H,4-9H2,1-3H3,(H2,21,26)(H,23,27). The minimum Gasteiger partial charge on any atom is -0.477 e. The van der Waals surface area contributed by atoms with Crippen molar-refractivity contribution in [1.82, 2.24) is 14.8 Å². The number of nitrogens with one attached hydrogen (secondary N) is 1. The lowest BCUT2D eigenvalue weighted by atomic mass is 10.2. The molecule has 2 rings (SSSR count). The van der Waals surface area contributed by atoms with Crippen LogP contribution in [0.2, 0.25) is 0 Å². The number of rotatable bonds is 11. The molecule has 0 aliphatic heterocycles. The molecule has 0 bridgehead atoms. The molecule has 2 aromatic heterocycles. The van der Waals surface area contributed by atoms with Crippen molar-refractivity contribution in [3.8, 4) is 5.88 Å². The monoisotopic (exact) mass is 515 g/mol. The molecule has 0 atom stereocenters. The van der Waals surface area contributed by atoms with Crippen LogP contribution in [-0.2, 0) is 17.7 Å². The molecule has 2 heterocycles. The fraction of sp³-hybridized carbons (Fsp3) is 0.474. The number of nitrogens with zero attached hydrogens (tertiary/aromatic N) is 3. The van der Waals surface area contributed by atoms with Gasteiger partial charge in [-0.1, -0.05) is 20.3 Å². The lowest BCUT2D eigenvalue weighted by Crippen LogP contribution is -2.19. The van der Waals surface area contributed by atoms with Crippen LogP contribution in [0.15, 0.2) is 12.3 Å². The van der Waals surface area contributed by atoms with Crippen molar-refractivity contribution < 1.29 is 19.1 Å². The lowest BCUT2D eigenvalue weighted by molar-refractivity contribution is 0.0995. The molecule has 10 heteroatoms.